The molecule has 0 radical (unpaired) electrons. The van der Waals surface area contributed by atoms with Crippen LogP contribution in [-0.4, -0.2) is 63.7 Å². The van der Waals surface area contributed by atoms with Crippen molar-refractivity contribution in [2.24, 2.45) is 0 Å². The highest BCUT2D eigenvalue weighted by molar-refractivity contribution is 8.25. The molecule has 10 heteroatoms. The molecule has 8 nitrogen and oxygen atoms in total. The van der Waals surface area contributed by atoms with Crippen LogP contribution in [-0.2, 0) is 6.42 Å². The normalized spacial score (nSPS) is 17.7. The van der Waals surface area contributed by atoms with Gasteiger partial charge < -0.3 is 21.1 Å². The van der Waals surface area contributed by atoms with Crippen LogP contribution in [0.1, 0.15) is 75.2 Å². The maximum absolute atomic E-state index is 13.6. The topological polar surface area (TPSA) is 117 Å². The van der Waals surface area contributed by atoms with E-state index in [1.807, 2.05) is 43.3 Å². The van der Waals surface area contributed by atoms with Crippen molar-refractivity contribution >= 4 is 40.5 Å². The van der Waals surface area contributed by atoms with E-state index in [1.165, 1.54) is 12.8 Å². The zero-order chi connectivity index (χ0) is 28.3. The highest BCUT2D eigenvalue weighted by atomic mass is 35.5. The molecule has 6 N–H and O–H groups in total. The lowest BCUT2D eigenvalue weighted by Gasteiger charge is -2.47. The molecular weight excluding hydrogens is 548 g/mol. The minimum Gasteiger partial charge on any atom is -0.390 e. The number of unbranched alkanes of at least 4 members (excludes halogenated alkanes) is 2. The van der Waals surface area contributed by atoms with Gasteiger partial charge in [0.15, 0.2) is 0 Å². The molecule has 226 valence electrons. The molecular formula is C30H49ClN4O4S. The minimum absolute atomic E-state index is 0. The number of aliphatic hydroxyl groups excluding tert-OH is 1. The second-order valence-corrected chi connectivity index (χ2v) is 12.7. The van der Waals surface area contributed by atoms with Crippen molar-refractivity contribution in [3.8, 4) is 0 Å². The Morgan fingerprint density at radius 3 is 2.50 bits per heavy atom. The third-order valence-corrected chi connectivity index (χ3v) is 9.16. The van der Waals surface area contributed by atoms with Gasteiger partial charge in [-0.25, -0.2) is 0 Å². The first kappa shape index (κ1) is 34.2. The molecule has 3 atom stereocenters. The van der Waals surface area contributed by atoms with Crippen LogP contribution in [0.5, 0.6) is 0 Å². The number of carbonyl (C=O) groups excluding carboxylic acids is 1. The van der Waals surface area contributed by atoms with Crippen LogP contribution in [0.15, 0.2) is 48.5 Å². The van der Waals surface area contributed by atoms with Gasteiger partial charge in [-0.05, 0) is 63.3 Å². The Hall–Kier alpha value is -2.01. The zero-order valence-electron chi connectivity index (χ0n) is 24.1. The summed E-state index contributed by atoms with van der Waals surface area (Å²) in [6.07, 6.45) is 5.90. The van der Waals surface area contributed by atoms with E-state index in [9.17, 15) is 19.0 Å². The van der Waals surface area contributed by atoms with Crippen LogP contribution in [0.2, 0.25) is 0 Å². The van der Waals surface area contributed by atoms with Gasteiger partial charge in [0.2, 0.25) is 0 Å². The van der Waals surface area contributed by atoms with Crippen molar-refractivity contribution in [2.45, 2.75) is 83.9 Å². The van der Waals surface area contributed by atoms with Crippen LogP contribution in [0.3, 0.4) is 0 Å². The lowest BCUT2D eigenvalue weighted by Crippen LogP contribution is -2.49. The summed E-state index contributed by atoms with van der Waals surface area (Å²) in [4.78, 5) is 13.6. The Kier molecular flexibility index (Phi) is 14.6. The van der Waals surface area contributed by atoms with Gasteiger partial charge in [-0.1, -0.05) is 56.5 Å². The molecule has 3 rings (SSSR count). The van der Waals surface area contributed by atoms with Crippen molar-refractivity contribution in [1.82, 2.24) is 10.6 Å². The second kappa shape index (κ2) is 17.1. The Balaban J connectivity index is 0.00000560. The summed E-state index contributed by atoms with van der Waals surface area (Å²) in [5.74, 6) is 0.0234. The van der Waals surface area contributed by atoms with E-state index >= 15 is 0 Å². The van der Waals surface area contributed by atoms with Gasteiger partial charge in [0, 0.05) is 36.9 Å². The van der Waals surface area contributed by atoms with Gasteiger partial charge in [-0.15, -0.1) is 23.2 Å². The molecule has 1 aliphatic heterocycles. The fraction of sp³-hybridized carbons (Fsp3) is 0.567. The van der Waals surface area contributed by atoms with Crippen molar-refractivity contribution in [3.63, 3.8) is 0 Å². The maximum atomic E-state index is 13.6. The molecule has 2 aromatic rings. The van der Waals surface area contributed by atoms with Crippen molar-refractivity contribution < 1.29 is 19.0 Å². The average molecular weight is 597 g/mol. The summed E-state index contributed by atoms with van der Waals surface area (Å²) in [6.45, 7) is 7.86. The minimum atomic E-state index is -2.93. The third kappa shape index (κ3) is 10.4. The molecule has 0 spiro atoms. The van der Waals surface area contributed by atoms with Crippen molar-refractivity contribution in [3.05, 3.63) is 59.7 Å². The number of halogens is 1. The monoisotopic (exact) mass is 596 g/mol. The number of nitrogens with one attached hydrogen (secondary N) is 3. The third-order valence-electron chi connectivity index (χ3n) is 7.23. The summed E-state index contributed by atoms with van der Waals surface area (Å²) < 4.78 is 23.0. The number of hydrogen-bond acceptors (Lipinski definition) is 7. The largest absolute Gasteiger partial charge is 0.390 e. The van der Waals surface area contributed by atoms with Gasteiger partial charge in [0.1, 0.15) is 0 Å². The molecule has 1 fully saturated rings. The summed E-state index contributed by atoms with van der Waals surface area (Å²) in [5, 5.41) is 21.0. The fourth-order valence-electron chi connectivity index (χ4n) is 4.97. The summed E-state index contributed by atoms with van der Waals surface area (Å²) in [6, 6.07) is 15.0. The predicted octanol–water partition coefficient (Wildman–Crippen LogP) is 6.07. The first-order valence-corrected chi connectivity index (χ1v) is 16.1. The molecule has 1 unspecified atom stereocenters. The molecule has 0 bridgehead atoms. The van der Waals surface area contributed by atoms with E-state index in [-0.39, 0.29) is 24.4 Å². The number of benzene rings is 2. The predicted molar refractivity (Wildman–Crippen MR) is 171 cm³/mol. The molecule has 1 saturated heterocycles. The van der Waals surface area contributed by atoms with E-state index in [0.29, 0.717) is 43.1 Å². The molecule has 0 aliphatic carbocycles. The number of rotatable bonds is 15. The number of hydrogen-bond donors (Lipinski definition) is 6. The zero-order valence-corrected chi connectivity index (χ0v) is 25.8. The lowest BCUT2D eigenvalue weighted by molar-refractivity contribution is 0.0825. The molecule has 2 aromatic carbocycles. The maximum Gasteiger partial charge on any atom is 0.251 e. The molecule has 0 saturated carbocycles. The fourth-order valence-corrected chi connectivity index (χ4v) is 6.64. The molecule has 0 aromatic heterocycles. The van der Waals surface area contributed by atoms with Gasteiger partial charge >= 0.3 is 0 Å². The second-order valence-electron chi connectivity index (χ2n) is 10.6. The number of carbonyl (C=O) groups is 1. The van der Waals surface area contributed by atoms with E-state index in [2.05, 4.69) is 29.8 Å². The molecule has 1 heterocycles. The number of amides is 1. The molecule has 1 amide bonds. The Morgan fingerprint density at radius 2 is 1.82 bits per heavy atom. The molecule has 40 heavy (non-hydrogen) atoms. The summed E-state index contributed by atoms with van der Waals surface area (Å²) >= 11 is 0. The number of aliphatic hydroxyl groups is 1. The number of anilines is 2. The quantitative estimate of drug-likeness (QED) is 0.138. The summed E-state index contributed by atoms with van der Waals surface area (Å²) in [7, 11) is -2.93. The van der Waals surface area contributed by atoms with E-state index in [0.717, 1.165) is 36.9 Å². The Morgan fingerprint density at radius 1 is 1.07 bits per heavy atom. The van der Waals surface area contributed by atoms with Gasteiger partial charge in [-0.3, -0.25) is 18.2 Å². The van der Waals surface area contributed by atoms with Gasteiger partial charge in [0.05, 0.1) is 23.6 Å². The summed E-state index contributed by atoms with van der Waals surface area (Å²) in [5.41, 5.74) is 2.79. The van der Waals surface area contributed by atoms with Crippen LogP contribution in [0, 0.1) is 0 Å². The van der Waals surface area contributed by atoms with Crippen LogP contribution in [0.4, 0.5) is 11.4 Å². The van der Waals surface area contributed by atoms with E-state index in [1.54, 1.807) is 16.4 Å². The first-order valence-electron chi connectivity index (χ1n) is 14.4. The highest BCUT2D eigenvalue weighted by Gasteiger charge is 2.28. The SMILES string of the molecule is CCCCCC(C)NC[C@@H](O)[C@H](Cc1ccccc1)NC(=O)c1cc(NCC)cc(N2CCCCS2(O)O)c1.Cl. The lowest BCUT2D eigenvalue weighted by atomic mass is 10.00. The van der Waals surface area contributed by atoms with E-state index in [4.69, 9.17) is 0 Å². The highest BCUT2D eigenvalue weighted by Crippen LogP contribution is 2.50. The van der Waals surface area contributed by atoms with Crippen molar-refractivity contribution in [1.29, 1.82) is 0 Å². The Bertz CT molecular complexity index is 1030. The van der Waals surface area contributed by atoms with Crippen LogP contribution >= 0.6 is 23.2 Å². The molecule has 1 aliphatic rings. The number of nitrogens with zero attached hydrogens (tertiary/aromatic N) is 1. The van der Waals surface area contributed by atoms with Crippen LogP contribution < -0.4 is 20.3 Å². The standard InChI is InChI=1S/C30H48N4O4S.ClH/c1-4-6-8-13-23(3)32-22-29(35)28(18-24-14-9-7-10-15-24)33-30(36)25-19-26(31-5-2)21-27(20-25)34-16-11-12-17-39(34,37)38;/h7,9-10,14-15,19-21,23,28-29,31-32,35,37-38H,4-6,8,11-13,16-18,22H2,1-3H3,(H,33,36);1H/t23?,28-,29+;/m0./s1. The Labute approximate surface area is 248 Å². The van der Waals surface area contributed by atoms with Gasteiger partial charge in [0.25, 0.3) is 5.91 Å². The first-order chi connectivity index (χ1) is 18.7. The van der Waals surface area contributed by atoms with E-state index < -0.39 is 22.9 Å². The average Bonchev–Trinajstić information content (AvgIpc) is 2.91. The van der Waals surface area contributed by atoms with Crippen LogP contribution in [0.25, 0.3) is 0 Å². The van der Waals surface area contributed by atoms with Crippen molar-refractivity contribution in [2.75, 3.05) is 35.0 Å². The van der Waals surface area contributed by atoms with Gasteiger partial charge in [-0.2, -0.15) is 0 Å². The smallest absolute Gasteiger partial charge is 0.251 e.